The molecule has 2 amide bonds. The highest BCUT2D eigenvalue weighted by atomic mass is 16.5. The Labute approximate surface area is 88.9 Å². The molecule has 82 valence electrons. The van der Waals surface area contributed by atoms with Crippen LogP contribution >= 0.6 is 0 Å². The SMILES string of the molecule is COCCCNC(=O)Nc1ccccn1. The Morgan fingerprint density at radius 1 is 1.53 bits per heavy atom. The molecule has 0 saturated heterocycles. The van der Waals surface area contributed by atoms with Gasteiger partial charge in [-0.3, -0.25) is 5.32 Å². The molecule has 0 spiro atoms. The first-order chi connectivity index (χ1) is 7.33. The summed E-state index contributed by atoms with van der Waals surface area (Å²) in [6.07, 6.45) is 2.42. The van der Waals surface area contributed by atoms with Crippen LogP contribution in [0.5, 0.6) is 0 Å². The van der Waals surface area contributed by atoms with Crippen molar-refractivity contribution in [3.05, 3.63) is 24.4 Å². The van der Waals surface area contributed by atoms with E-state index in [9.17, 15) is 4.79 Å². The average Bonchev–Trinajstić information content (AvgIpc) is 2.26. The van der Waals surface area contributed by atoms with Gasteiger partial charge in [0.25, 0.3) is 0 Å². The lowest BCUT2D eigenvalue weighted by molar-refractivity contribution is 0.194. The van der Waals surface area contributed by atoms with Crippen LogP contribution in [0.25, 0.3) is 0 Å². The number of aromatic nitrogens is 1. The number of hydrogen-bond acceptors (Lipinski definition) is 3. The molecule has 15 heavy (non-hydrogen) atoms. The first-order valence-corrected chi connectivity index (χ1v) is 4.78. The van der Waals surface area contributed by atoms with Crippen LogP contribution < -0.4 is 10.6 Å². The van der Waals surface area contributed by atoms with Crippen molar-refractivity contribution in [2.45, 2.75) is 6.42 Å². The summed E-state index contributed by atoms with van der Waals surface area (Å²) >= 11 is 0. The van der Waals surface area contributed by atoms with Crippen molar-refractivity contribution in [1.82, 2.24) is 10.3 Å². The molecule has 0 aromatic carbocycles. The summed E-state index contributed by atoms with van der Waals surface area (Å²) in [5.74, 6) is 0.543. The van der Waals surface area contributed by atoms with Gasteiger partial charge in [-0.2, -0.15) is 0 Å². The molecular formula is C10H15N3O2. The normalized spacial score (nSPS) is 9.67. The van der Waals surface area contributed by atoms with Crippen molar-refractivity contribution in [3.8, 4) is 0 Å². The number of pyridine rings is 1. The first-order valence-electron chi connectivity index (χ1n) is 4.78. The van der Waals surface area contributed by atoms with E-state index in [0.29, 0.717) is 19.0 Å². The molecule has 0 radical (unpaired) electrons. The van der Waals surface area contributed by atoms with Crippen LogP contribution in [0.4, 0.5) is 10.6 Å². The molecule has 0 unspecified atom stereocenters. The number of ether oxygens (including phenoxy) is 1. The van der Waals surface area contributed by atoms with E-state index in [1.54, 1.807) is 25.4 Å². The number of hydrogen-bond donors (Lipinski definition) is 2. The van der Waals surface area contributed by atoms with Crippen LogP contribution in [0.2, 0.25) is 0 Å². The maximum Gasteiger partial charge on any atom is 0.320 e. The third kappa shape index (κ3) is 4.97. The summed E-state index contributed by atoms with van der Waals surface area (Å²) in [5, 5.41) is 5.31. The summed E-state index contributed by atoms with van der Waals surface area (Å²) in [6, 6.07) is 5.09. The molecule has 0 saturated carbocycles. The van der Waals surface area contributed by atoms with E-state index in [4.69, 9.17) is 4.74 Å². The summed E-state index contributed by atoms with van der Waals surface area (Å²) < 4.78 is 4.86. The fourth-order valence-corrected chi connectivity index (χ4v) is 1.02. The van der Waals surface area contributed by atoms with Gasteiger partial charge in [0.15, 0.2) is 0 Å². The maximum atomic E-state index is 11.3. The molecule has 2 N–H and O–H groups in total. The summed E-state index contributed by atoms with van der Waals surface area (Å²) in [6.45, 7) is 1.23. The number of nitrogens with zero attached hydrogens (tertiary/aromatic N) is 1. The van der Waals surface area contributed by atoms with Crippen LogP contribution in [-0.4, -0.2) is 31.3 Å². The van der Waals surface area contributed by atoms with Gasteiger partial charge in [0.2, 0.25) is 0 Å². The summed E-state index contributed by atoms with van der Waals surface area (Å²) in [7, 11) is 1.63. The Kier molecular flexibility index (Phi) is 5.18. The van der Waals surface area contributed by atoms with Crippen molar-refractivity contribution in [2.24, 2.45) is 0 Å². The van der Waals surface area contributed by atoms with Crippen LogP contribution in [0.3, 0.4) is 0 Å². The van der Waals surface area contributed by atoms with Crippen LogP contribution in [0, 0.1) is 0 Å². The molecule has 1 aromatic heterocycles. The second kappa shape index (κ2) is 6.78. The standard InChI is InChI=1S/C10H15N3O2/c1-15-8-4-7-12-10(14)13-9-5-2-3-6-11-9/h2-3,5-6H,4,7-8H2,1H3,(H2,11,12,13,14). The fourth-order valence-electron chi connectivity index (χ4n) is 1.02. The van der Waals surface area contributed by atoms with Crippen LogP contribution in [0.1, 0.15) is 6.42 Å². The lowest BCUT2D eigenvalue weighted by Crippen LogP contribution is -2.30. The van der Waals surface area contributed by atoms with Crippen molar-refractivity contribution in [1.29, 1.82) is 0 Å². The van der Waals surface area contributed by atoms with E-state index in [-0.39, 0.29) is 6.03 Å². The third-order valence-corrected chi connectivity index (χ3v) is 1.72. The topological polar surface area (TPSA) is 63.2 Å². The van der Waals surface area contributed by atoms with Gasteiger partial charge >= 0.3 is 6.03 Å². The van der Waals surface area contributed by atoms with Gasteiger partial charge in [-0.1, -0.05) is 6.07 Å². The van der Waals surface area contributed by atoms with Crippen LogP contribution in [0.15, 0.2) is 24.4 Å². The number of carbonyl (C=O) groups is 1. The molecule has 0 aliphatic rings. The van der Waals surface area contributed by atoms with Gasteiger partial charge in [-0.15, -0.1) is 0 Å². The first kappa shape index (κ1) is 11.5. The van der Waals surface area contributed by atoms with Gasteiger partial charge in [-0.05, 0) is 18.6 Å². The van der Waals surface area contributed by atoms with E-state index in [2.05, 4.69) is 15.6 Å². The highest BCUT2D eigenvalue weighted by Gasteiger charge is 1.99. The molecule has 0 bridgehead atoms. The zero-order chi connectivity index (χ0) is 10.9. The molecule has 5 heteroatoms. The second-order valence-electron chi connectivity index (χ2n) is 2.94. The van der Waals surface area contributed by atoms with Crippen molar-refractivity contribution in [2.75, 3.05) is 25.6 Å². The third-order valence-electron chi connectivity index (χ3n) is 1.72. The number of anilines is 1. The quantitative estimate of drug-likeness (QED) is 0.717. The second-order valence-corrected chi connectivity index (χ2v) is 2.94. The van der Waals surface area contributed by atoms with Gasteiger partial charge < -0.3 is 10.1 Å². The number of urea groups is 1. The predicted molar refractivity (Wildman–Crippen MR) is 57.8 cm³/mol. The van der Waals surface area contributed by atoms with Crippen molar-refractivity contribution >= 4 is 11.8 Å². The number of methoxy groups -OCH3 is 1. The van der Waals surface area contributed by atoms with Gasteiger partial charge in [-0.25, -0.2) is 9.78 Å². The van der Waals surface area contributed by atoms with Crippen molar-refractivity contribution < 1.29 is 9.53 Å². The van der Waals surface area contributed by atoms with E-state index in [0.717, 1.165) is 6.42 Å². The van der Waals surface area contributed by atoms with Crippen LogP contribution in [-0.2, 0) is 4.74 Å². The molecule has 0 aliphatic heterocycles. The molecule has 0 fully saturated rings. The Morgan fingerprint density at radius 3 is 3.07 bits per heavy atom. The number of rotatable bonds is 5. The molecular weight excluding hydrogens is 194 g/mol. The molecule has 1 heterocycles. The summed E-state index contributed by atoms with van der Waals surface area (Å²) in [4.78, 5) is 15.2. The largest absolute Gasteiger partial charge is 0.385 e. The molecule has 5 nitrogen and oxygen atoms in total. The predicted octanol–water partition coefficient (Wildman–Crippen LogP) is 1.24. The highest BCUT2D eigenvalue weighted by Crippen LogP contribution is 1.98. The molecule has 1 aromatic rings. The Balaban J connectivity index is 2.19. The van der Waals surface area contributed by atoms with Gasteiger partial charge in [0.05, 0.1) is 0 Å². The van der Waals surface area contributed by atoms with Crippen molar-refractivity contribution in [3.63, 3.8) is 0 Å². The minimum absolute atomic E-state index is 0.246. The molecule has 0 atom stereocenters. The van der Waals surface area contributed by atoms with E-state index in [1.165, 1.54) is 0 Å². The zero-order valence-electron chi connectivity index (χ0n) is 8.69. The van der Waals surface area contributed by atoms with E-state index in [1.807, 2.05) is 6.07 Å². The smallest absolute Gasteiger partial charge is 0.320 e. The molecule has 1 rings (SSSR count). The minimum atomic E-state index is -0.246. The Bertz CT molecular complexity index is 290. The minimum Gasteiger partial charge on any atom is -0.385 e. The number of amides is 2. The number of carbonyl (C=O) groups excluding carboxylic acids is 1. The van der Waals surface area contributed by atoms with Gasteiger partial charge in [0.1, 0.15) is 5.82 Å². The number of nitrogens with one attached hydrogen (secondary N) is 2. The zero-order valence-corrected chi connectivity index (χ0v) is 8.69. The molecule has 0 aliphatic carbocycles. The maximum absolute atomic E-state index is 11.3. The monoisotopic (exact) mass is 209 g/mol. The Hall–Kier alpha value is -1.62. The fraction of sp³-hybridized carbons (Fsp3) is 0.400. The lowest BCUT2D eigenvalue weighted by atomic mass is 10.4. The Morgan fingerprint density at radius 2 is 2.40 bits per heavy atom. The van der Waals surface area contributed by atoms with Gasteiger partial charge in [0, 0.05) is 26.5 Å². The summed E-state index contributed by atoms with van der Waals surface area (Å²) in [5.41, 5.74) is 0. The lowest BCUT2D eigenvalue weighted by Gasteiger charge is -2.05. The highest BCUT2D eigenvalue weighted by molar-refractivity contribution is 5.88. The van der Waals surface area contributed by atoms with E-state index >= 15 is 0 Å². The van der Waals surface area contributed by atoms with E-state index < -0.39 is 0 Å². The average molecular weight is 209 g/mol.